The highest BCUT2D eigenvalue weighted by atomic mass is 32.2. The number of nitrogens with two attached hydrogens (primary N) is 1. The van der Waals surface area contributed by atoms with E-state index in [9.17, 15) is 8.42 Å². The molecule has 3 N–H and O–H groups in total. The Kier molecular flexibility index (Phi) is 4.17. The molecule has 0 bridgehead atoms. The van der Waals surface area contributed by atoms with Gasteiger partial charge in [-0.3, -0.25) is 4.68 Å². The molecule has 1 unspecified atom stereocenters. The monoisotopic (exact) mass is 314 g/mol. The van der Waals surface area contributed by atoms with E-state index >= 15 is 0 Å². The molecular formula is C12H18N4O2S2. The van der Waals surface area contributed by atoms with Crippen LogP contribution in [0.25, 0.3) is 0 Å². The van der Waals surface area contributed by atoms with Crippen molar-refractivity contribution in [3.8, 4) is 0 Å². The fourth-order valence-electron chi connectivity index (χ4n) is 1.83. The molecule has 1 atom stereocenters. The van der Waals surface area contributed by atoms with E-state index in [-0.39, 0.29) is 16.8 Å². The molecular weight excluding hydrogens is 296 g/mol. The minimum Gasteiger partial charge on any atom is -0.381 e. The predicted octanol–water partition coefficient (Wildman–Crippen LogP) is 1.89. The second-order valence-electron chi connectivity index (χ2n) is 4.53. The zero-order valence-electron chi connectivity index (χ0n) is 11.6. The highest BCUT2D eigenvalue weighted by molar-refractivity contribution is 7.89. The maximum atomic E-state index is 12.3. The van der Waals surface area contributed by atoms with Gasteiger partial charge in [0.15, 0.2) is 5.82 Å². The van der Waals surface area contributed by atoms with Gasteiger partial charge in [0.1, 0.15) is 4.90 Å². The molecule has 2 heterocycles. The molecule has 6 nitrogen and oxygen atoms in total. The zero-order chi connectivity index (χ0) is 14.9. The molecule has 0 radical (unpaired) electrons. The van der Waals surface area contributed by atoms with Gasteiger partial charge in [0, 0.05) is 22.5 Å². The van der Waals surface area contributed by atoms with E-state index in [1.165, 1.54) is 10.9 Å². The molecule has 0 aliphatic rings. The number of aromatic nitrogens is 2. The molecule has 0 saturated heterocycles. The molecule has 110 valence electrons. The molecule has 0 amide bonds. The van der Waals surface area contributed by atoms with Crippen molar-refractivity contribution in [2.75, 3.05) is 5.73 Å². The second-order valence-corrected chi connectivity index (χ2v) is 7.53. The van der Waals surface area contributed by atoms with Crippen molar-refractivity contribution < 1.29 is 8.42 Å². The molecule has 2 aromatic rings. The minimum absolute atomic E-state index is 0.0221. The summed E-state index contributed by atoms with van der Waals surface area (Å²) in [6.07, 6.45) is 1.45. The van der Waals surface area contributed by atoms with E-state index < -0.39 is 10.0 Å². The third kappa shape index (κ3) is 3.02. The SMILES string of the molecule is CCn1cc(S(=O)(=O)NC(C)c2ccc(C)s2)c(N)n1. The summed E-state index contributed by atoms with van der Waals surface area (Å²) in [5, 5.41) is 3.96. The molecule has 0 fully saturated rings. The molecule has 2 rings (SSSR count). The summed E-state index contributed by atoms with van der Waals surface area (Å²) in [4.78, 5) is 2.14. The van der Waals surface area contributed by atoms with Crippen LogP contribution in [0.2, 0.25) is 0 Å². The Labute approximate surface area is 122 Å². The minimum atomic E-state index is -3.67. The van der Waals surface area contributed by atoms with Crippen LogP contribution in [0.15, 0.2) is 23.2 Å². The largest absolute Gasteiger partial charge is 0.381 e. The Balaban J connectivity index is 2.24. The van der Waals surface area contributed by atoms with Gasteiger partial charge < -0.3 is 5.73 Å². The van der Waals surface area contributed by atoms with E-state index in [4.69, 9.17) is 5.73 Å². The van der Waals surface area contributed by atoms with Crippen LogP contribution in [0.3, 0.4) is 0 Å². The fourth-order valence-corrected chi connectivity index (χ4v) is 4.08. The number of rotatable bonds is 5. The number of thiophene rings is 1. The number of nitrogens with zero attached hydrogens (tertiary/aromatic N) is 2. The quantitative estimate of drug-likeness (QED) is 0.882. The first-order chi connectivity index (χ1) is 9.33. The van der Waals surface area contributed by atoms with E-state index in [1.54, 1.807) is 11.3 Å². The maximum Gasteiger partial charge on any atom is 0.246 e. The van der Waals surface area contributed by atoms with Gasteiger partial charge in [-0.05, 0) is 32.9 Å². The highest BCUT2D eigenvalue weighted by Gasteiger charge is 2.24. The van der Waals surface area contributed by atoms with Crippen LogP contribution in [0.5, 0.6) is 0 Å². The van der Waals surface area contributed by atoms with Crippen molar-refractivity contribution in [2.45, 2.75) is 38.3 Å². The molecule has 0 aliphatic heterocycles. The summed E-state index contributed by atoms with van der Waals surface area (Å²) in [6.45, 7) is 6.23. The van der Waals surface area contributed by atoms with E-state index in [0.717, 1.165) is 9.75 Å². The summed E-state index contributed by atoms with van der Waals surface area (Å²) in [6, 6.07) is 3.59. The molecule has 20 heavy (non-hydrogen) atoms. The number of aryl methyl sites for hydroxylation is 2. The standard InChI is InChI=1S/C12H18N4O2S2/c1-4-16-7-11(12(13)14-16)20(17,18)15-9(3)10-6-5-8(2)19-10/h5-7,9,15H,4H2,1-3H3,(H2,13,14). The van der Waals surface area contributed by atoms with Crippen molar-refractivity contribution in [1.82, 2.24) is 14.5 Å². The van der Waals surface area contributed by atoms with Crippen molar-refractivity contribution in [1.29, 1.82) is 0 Å². The average molecular weight is 314 g/mol. The van der Waals surface area contributed by atoms with E-state index in [1.807, 2.05) is 32.9 Å². The lowest BCUT2D eigenvalue weighted by atomic mass is 10.3. The second kappa shape index (κ2) is 5.55. The van der Waals surface area contributed by atoms with Gasteiger partial charge in [-0.15, -0.1) is 11.3 Å². The Bertz CT molecular complexity index is 703. The third-order valence-electron chi connectivity index (χ3n) is 2.89. The molecule has 0 aliphatic carbocycles. The molecule has 2 aromatic heterocycles. The van der Waals surface area contributed by atoms with Gasteiger partial charge in [-0.2, -0.15) is 5.10 Å². The van der Waals surface area contributed by atoms with E-state index in [0.29, 0.717) is 6.54 Å². The van der Waals surface area contributed by atoms with Crippen LogP contribution < -0.4 is 10.5 Å². The number of sulfonamides is 1. The number of hydrogen-bond acceptors (Lipinski definition) is 5. The van der Waals surface area contributed by atoms with Crippen molar-refractivity contribution in [2.24, 2.45) is 0 Å². The number of nitrogens with one attached hydrogen (secondary N) is 1. The van der Waals surface area contributed by atoms with Gasteiger partial charge in [-0.1, -0.05) is 0 Å². The van der Waals surface area contributed by atoms with Crippen molar-refractivity contribution >= 4 is 27.2 Å². The van der Waals surface area contributed by atoms with Crippen LogP contribution in [0, 0.1) is 6.92 Å². The number of anilines is 1. The normalized spacial score (nSPS) is 13.6. The van der Waals surface area contributed by atoms with Crippen LogP contribution in [-0.2, 0) is 16.6 Å². The summed E-state index contributed by atoms with van der Waals surface area (Å²) >= 11 is 1.57. The summed E-state index contributed by atoms with van der Waals surface area (Å²) in [7, 11) is -3.67. The lowest BCUT2D eigenvalue weighted by Crippen LogP contribution is -2.26. The first-order valence-electron chi connectivity index (χ1n) is 6.25. The third-order valence-corrected chi connectivity index (χ3v) is 5.63. The summed E-state index contributed by atoms with van der Waals surface area (Å²) in [5.41, 5.74) is 5.67. The Morgan fingerprint density at radius 3 is 2.70 bits per heavy atom. The lowest BCUT2D eigenvalue weighted by molar-refractivity contribution is 0.568. The van der Waals surface area contributed by atoms with Gasteiger partial charge in [0.05, 0.1) is 6.04 Å². The maximum absolute atomic E-state index is 12.3. The van der Waals surface area contributed by atoms with Gasteiger partial charge >= 0.3 is 0 Å². The highest BCUT2D eigenvalue weighted by Crippen LogP contribution is 2.25. The zero-order valence-corrected chi connectivity index (χ0v) is 13.3. The first-order valence-corrected chi connectivity index (χ1v) is 8.55. The van der Waals surface area contributed by atoms with Gasteiger partial charge in [-0.25, -0.2) is 13.1 Å². The summed E-state index contributed by atoms with van der Waals surface area (Å²) < 4.78 is 28.8. The Morgan fingerprint density at radius 2 is 2.20 bits per heavy atom. The molecule has 0 spiro atoms. The topological polar surface area (TPSA) is 90.0 Å². The van der Waals surface area contributed by atoms with Crippen LogP contribution >= 0.6 is 11.3 Å². The Hall–Kier alpha value is -1.38. The fraction of sp³-hybridized carbons (Fsp3) is 0.417. The summed E-state index contributed by atoms with van der Waals surface area (Å²) in [5.74, 6) is 0.0221. The van der Waals surface area contributed by atoms with Gasteiger partial charge in [0.25, 0.3) is 0 Å². The van der Waals surface area contributed by atoms with Crippen LogP contribution in [0.1, 0.15) is 29.6 Å². The van der Waals surface area contributed by atoms with Crippen LogP contribution in [-0.4, -0.2) is 18.2 Å². The Morgan fingerprint density at radius 1 is 1.50 bits per heavy atom. The van der Waals surface area contributed by atoms with Crippen molar-refractivity contribution in [3.63, 3.8) is 0 Å². The van der Waals surface area contributed by atoms with Gasteiger partial charge in [0.2, 0.25) is 10.0 Å². The molecule has 8 heteroatoms. The van der Waals surface area contributed by atoms with E-state index in [2.05, 4.69) is 9.82 Å². The molecule has 0 saturated carbocycles. The average Bonchev–Trinajstić information content (AvgIpc) is 2.95. The van der Waals surface area contributed by atoms with Crippen molar-refractivity contribution in [3.05, 3.63) is 28.1 Å². The smallest absolute Gasteiger partial charge is 0.246 e. The predicted molar refractivity (Wildman–Crippen MR) is 80.1 cm³/mol. The first kappa shape index (κ1) is 15.0. The number of nitrogen functional groups attached to an aromatic ring is 1. The number of hydrogen-bond donors (Lipinski definition) is 2. The van der Waals surface area contributed by atoms with Crippen LogP contribution in [0.4, 0.5) is 5.82 Å². The molecule has 0 aromatic carbocycles. The lowest BCUT2D eigenvalue weighted by Gasteiger charge is -2.11.